The van der Waals surface area contributed by atoms with Gasteiger partial charge in [-0.15, -0.1) is 0 Å². The molecule has 1 aliphatic heterocycles. The molecule has 3 rings (SSSR count). The lowest BCUT2D eigenvalue weighted by Crippen LogP contribution is -2.35. The first-order chi connectivity index (χ1) is 13.5. The minimum absolute atomic E-state index is 0.0243. The Balaban J connectivity index is 1.45. The highest BCUT2D eigenvalue weighted by molar-refractivity contribution is 5.98. The first-order valence-corrected chi connectivity index (χ1v) is 8.86. The lowest BCUT2D eigenvalue weighted by Gasteiger charge is -2.10. The lowest BCUT2D eigenvalue weighted by atomic mass is 10.0. The number of Topliss-reactive ketones (excluding diaryl/α,β-unsaturated/α-hetero) is 1. The maximum Gasteiger partial charge on any atom is 0.416 e. The Morgan fingerprint density at radius 3 is 2.25 bits per heavy atom. The second kappa shape index (κ2) is 8.94. The van der Waals surface area contributed by atoms with Gasteiger partial charge in [-0.1, -0.05) is 54.6 Å². The summed E-state index contributed by atoms with van der Waals surface area (Å²) in [6, 6.07) is 16.9. The van der Waals surface area contributed by atoms with E-state index in [4.69, 9.17) is 4.74 Å². The molecule has 28 heavy (non-hydrogen) atoms. The van der Waals surface area contributed by atoms with Crippen LogP contribution in [0.1, 0.15) is 23.2 Å². The average Bonchev–Trinajstić information content (AvgIpc) is 3.17. The number of carbonyl (C=O) groups is 4. The van der Waals surface area contributed by atoms with E-state index in [0.29, 0.717) is 5.56 Å². The molecule has 1 aliphatic rings. The van der Waals surface area contributed by atoms with Gasteiger partial charge in [0.05, 0.1) is 13.0 Å². The molecule has 1 saturated heterocycles. The van der Waals surface area contributed by atoms with Crippen molar-refractivity contribution in [1.29, 1.82) is 0 Å². The fraction of sp³-hybridized carbons (Fsp3) is 0.238. The first kappa shape index (κ1) is 19.3. The highest BCUT2D eigenvalue weighted by atomic mass is 16.6. The molecule has 0 N–H and O–H groups in total. The normalized spacial score (nSPS) is 13.1. The Bertz CT molecular complexity index is 876. The van der Waals surface area contributed by atoms with Gasteiger partial charge in [-0.25, -0.2) is 9.69 Å². The Kier molecular flexibility index (Phi) is 6.16. The SMILES string of the molecule is O=C(CCC(=O)c1ccc(-c2ccccc2)cc1)OCC(=O)N1CCOC1=O. The molecule has 0 aliphatic carbocycles. The highest BCUT2D eigenvalue weighted by Crippen LogP contribution is 2.20. The molecule has 7 nitrogen and oxygen atoms in total. The van der Waals surface area contributed by atoms with Crippen molar-refractivity contribution in [2.24, 2.45) is 0 Å². The van der Waals surface area contributed by atoms with E-state index < -0.39 is 24.6 Å². The minimum atomic E-state index is -0.741. The number of esters is 1. The fourth-order valence-corrected chi connectivity index (χ4v) is 2.75. The summed E-state index contributed by atoms with van der Waals surface area (Å²) in [4.78, 5) is 47.9. The zero-order valence-electron chi connectivity index (χ0n) is 15.1. The molecule has 0 aromatic heterocycles. The second-order valence-corrected chi connectivity index (χ2v) is 6.19. The zero-order chi connectivity index (χ0) is 19.9. The van der Waals surface area contributed by atoms with Crippen LogP contribution in [-0.2, 0) is 19.1 Å². The smallest absolute Gasteiger partial charge is 0.416 e. The van der Waals surface area contributed by atoms with Crippen molar-refractivity contribution in [3.8, 4) is 11.1 Å². The van der Waals surface area contributed by atoms with Crippen LogP contribution in [0.2, 0.25) is 0 Å². The number of amides is 2. The minimum Gasteiger partial charge on any atom is -0.456 e. The van der Waals surface area contributed by atoms with E-state index in [2.05, 4.69) is 4.74 Å². The van der Waals surface area contributed by atoms with Crippen LogP contribution in [-0.4, -0.2) is 48.4 Å². The number of cyclic esters (lactones) is 1. The van der Waals surface area contributed by atoms with Gasteiger partial charge in [-0.2, -0.15) is 0 Å². The number of rotatable bonds is 7. The molecule has 0 spiro atoms. The Hall–Kier alpha value is -3.48. The summed E-state index contributed by atoms with van der Waals surface area (Å²) in [5.41, 5.74) is 2.55. The third-order valence-electron chi connectivity index (χ3n) is 4.29. The largest absolute Gasteiger partial charge is 0.456 e. The Morgan fingerprint density at radius 1 is 0.929 bits per heavy atom. The van der Waals surface area contributed by atoms with E-state index in [1.165, 1.54) is 0 Å². The molecule has 0 unspecified atom stereocenters. The summed E-state index contributed by atoms with van der Waals surface area (Å²) in [6.07, 6.45) is -0.907. The molecule has 0 bridgehead atoms. The van der Waals surface area contributed by atoms with Gasteiger partial charge in [0, 0.05) is 12.0 Å². The molecule has 0 radical (unpaired) electrons. The van der Waals surface area contributed by atoms with E-state index in [-0.39, 0.29) is 31.8 Å². The molecule has 1 heterocycles. The number of imide groups is 1. The van der Waals surface area contributed by atoms with E-state index in [9.17, 15) is 19.2 Å². The van der Waals surface area contributed by atoms with Gasteiger partial charge >= 0.3 is 12.1 Å². The average molecular weight is 381 g/mol. The van der Waals surface area contributed by atoms with Crippen molar-refractivity contribution < 1.29 is 28.7 Å². The van der Waals surface area contributed by atoms with Crippen molar-refractivity contribution in [3.63, 3.8) is 0 Å². The summed E-state index contributed by atoms with van der Waals surface area (Å²) in [7, 11) is 0. The number of carbonyl (C=O) groups excluding carboxylic acids is 4. The molecule has 2 amide bonds. The quantitative estimate of drug-likeness (QED) is 0.541. The van der Waals surface area contributed by atoms with Crippen LogP contribution in [0, 0.1) is 0 Å². The van der Waals surface area contributed by atoms with E-state index >= 15 is 0 Å². The number of ketones is 1. The standard InChI is InChI=1S/C21H19NO6/c23-18(17-8-6-16(7-9-17)15-4-2-1-3-5-15)10-11-20(25)28-14-19(24)22-12-13-27-21(22)26/h1-9H,10-14H2. The van der Waals surface area contributed by atoms with Crippen LogP contribution in [0.3, 0.4) is 0 Å². The molecule has 2 aromatic rings. The summed E-state index contributed by atoms with van der Waals surface area (Å²) in [5, 5.41) is 0. The first-order valence-electron chi connectivity index (χ1n) is 8.86. The zero-order valence-corrected chi connectivity index (χ0v) is 15.1. The molecule has 0 saturated carbocycles. The van der Waals surface area contributed by atoms with Gasteiger partial charge in [0.1, 0.15) is 6.61 Å². The van der Waals surface area contributed by atoms with Crippen molar-refractivity contribution in [3.05, 3.63) is 60.2 Å². The predicted molar refractivity (Wildman–Crippen MR) is 99.5 cm³/mol. The highest BCUT2D eigenvalue weighted by Gasteiger charge is 2.28. The molecule has 1 fully saturated rings. The summed E-state index contributed by atoms with van der Waals surface area (Å²) < 4.78 is 9.48. The van der Waals surface area contributed by atoms with Crippen LogP contribution in [0.25, 0.3) is 11.1 Å². The van der Waals surface area contributed by atoms with Crippen molar-refractivity contribution in [2.75, 3.05) is 19.8 Å². The van der Waals surface area contributed by atoms with Crippen molar-refractivity contribution in [2.45, 2.75) is 12.8 Å². The molecule has 7 heteroatoms. The van der Waals surface area contributed by atoms with Crippen molar-refractivity contribution >= 4 is 23.8 Å². The number of benzene rings is 2. The van der Waals surface area contributed by atoms with Gasteiger partial charge < -0.3 is 9.47 Å². The monoisotopic (exact) mass is 381 g/mol. The van der Waals surface area contributed by atoms with Crippen LogP contribution in [0.4, 0.5) is 4.79 Å². The van der Waals surface area contributed by atoms with Gasteiger partial charge in [0.25, 0.3) is 5.91 Å². The van der Waals surface area contributed by atoms with Gasteiger partial charge in [-0.3, -0.25) is 14.4 Å². The molecule has 0 atom stereocenters. The van der Waals surface area contributed by atoms with Gasteiger partial charge in [0.15, 0.2) is 12.4 Å². The second-order valence-electron chi connectivity index (χ2n) is 6.19. The maximum atomic E-state index is 12.2. The van der Waals surface area contributed by atoms with Gasteiger partial charge in [-0.05, 0) is 11.1 Å². The number of nitrogens with zero attached hydrogens (tertiary/aromatic N) is 1. The third kappa shape index (κ3) is 4.82. The van der Waals surface area contributed by atoms with Gasteiger partial charge in [0.2, 0.25) is 0 Å². The number of ether oxygens (including phenoxy) is 2. The van der Waals surface area contributed by atoms with E-state index in [0.717, 1.165) is 16.0 Å². The Morgan fingerprint density at radius 2 is 1.61 bits per heavy atom. The van der Waals surface area contributed by atoms with Crippen LogP contribution in [0.15, 0.2) is 54.6 Å². The number of hydrogen-bond donors (Lipinski definition) is 0. The molecular weight excluding hydrogens is 362 g/mol. The predicted octanol–water partition coefficient (Wildman–Crippen LogP) is 2.84. The third-order valence-corrected chi connectivity index (χ3v) is 4.29. The summed E-state index contributed by atoms with van der Waals surface area (Å²) >= 11 is 0. The maximum absolute atomic E-state index is 12.2. The van der Waals surface area contributed by atoms with Crippen LogP contribution in [0.5, 0.6) is 0 Å². The van der Waals surface area contributed by atoms with E-state index in [1.54, 1.807) is 12.1 Å². The molecular formula is C21H19NO6. The number of hydrogen-bond acceptors (Lipinski definition) is 6. The lowest BCUT2D eigenvalue weighted by molar-refractivity contribution is -0.150. The summed E-state index contributed by atoms with van der Waals surface area (Å²) in [6.45, 7) is -0.267. The topological polar surface area (TPSA) is 90.0 Å². The van der Waals surface area contributed by atoms with Crippen LogP contribution >= 0.6 is 0 Å². The van der Waals surface area contributed by atoms with Crippen LogP contribution < -0.4 is 0 Å². The molecule has 144 valence electrons. The molecule has 2 aromatic carbocycles. The Labute approximate surface area is 161 Å². The van der Waals surface area contributed by atoms with Crippen molar-refractivity contribution in [1.82, 2.24) is 4.90 Å². The fourth-order valence-electron chi connectivity index (χ4n) is 2.75. The van der Waals surface area contributed by atoms with E-state index in [1.807, 2.05) is 42.5 Å². The summed E-state index contributed by atoms with van der Waals surface area (Å²) in [5.74, 6) is -1.50.